The predicted molar refractivity (Wildman–Crippen MR) is 68.8 cm³/mol. The van der Waals surface area contributed by atoms with Gasteiger partial charge in [0.25, 0.3) is 0 Å². The van der Waals surface area contributed by atoms with Crippen molar-refractivity contribution >= 4 is 27.7 Å². The number of nitrogens with one attached hydrogen (secondary N) is 1. The van der Waals surface area contributed by atoms with Gasteiger partial charge in [-0.1, -0.05) is 0 Å². The van der Waals surface area contributed by atoms with E-state index in [1.165, 1.54) is 6.07 Å². The van der Waals surface area contributed by atoms with E-state index in [2.05, 4.69) is 26.2 Å². The fourth-order valence-corrected chi connectivity index (χ4v) is 2.31. The molecule has 0 unspecified atom stereocenters. The van der Waals surface area contributed by atoms with Gasteiger partial charge in [0, 0.05) is 29.8 Å². The molecule has 1 aromatic heterocycles. The number of carbonyl (C=O) groups excluding carboxylic acids is 1. The van der Waals surface area contributed by atoms with Gasteiger partial charge in [-0.3, -0.25) is 4.79 Å². The first kappa shape index (κ1) is 11.9. The summed E-state index contributed by atoms with van der Waals surface area (Å²) in [5, 5.41) is 2.96. The molecule has 0 atom stereocenters. The van der Waals surface area contributed by atoms with E-state index in [1.807, 2.05) is 0 Å². The third-order valence-corrected chi connectivity index (χ3v) is 3.70. The summed E-state index contributed by atoms with van der Waals surface area (Å²) in [4.78, 5) is 17.6. The SMILES string of the molecule is O=C(NC1CC1)C1CN(c2ncc(Br)cc2F)C1. The summed E-state index contributed by atoms with van der Waals surface area (Å²) in [6.07, 6.45) is 3.74. The number of halogens is 2. The molecule has 18 heavy (non-hydrogen) atoms. The first-order valence-corrected chi connectivity index (χ1v) is 6.79. The van der Waals surface area contributed by atoms with Gasteiger partial charge in [-0.25, -0.2) is 9.37 Å². The van der Waals surface area contributed by atoms with Crippen LogP contribution < -0.4 is 10.2 Å². The maximum Gasteiger partial charge on any atom is 0.226 e. The lowest BCUT2D eigenvalue weighted by Crippen LogP contribution is -2.54. The van der Waals surface area contributed by atoms with Crippen LogP contribution >= 0.6 is 15.9 Å². The molecule has 96 valence electrons. The molecule has 2 aliphatic rings. The molecule has 4 nitrogen and oxygen atoms in total. The second kappa shape index (κ2) is 4.50. The van der Waals surface area contributed by atoms with Crippen molar-refractivity contribution in [2.75, 3.05) is 18.0 Å². The summed E-state index contributed by atoms with van der Waals surface area (Å²) in [7, 11) is 0. The largest absolute Gasteiger partial charge is 0.353 e. The van der Waals surface area contributed by atoms with Crippen LogP contribution in [0.2, 0.25) is 0 Å². The Bertz CT molecular complexity index is 486. The molecular weight excluding hydrogens is 301 g/mol. The van der Waals surface area contributed by atoms with Crippen molar-refractivity contribution in [3.05, 3.63) is 22.6 Å². The summed E-state index contributed by atoms with van der Waals surface area (Å²) >= 11 is 3.17. The topological polar surface area (TPSA) is 45.2 Å². The van der Waals surface area contributed by atoms with Crippen molar-refractivity contribution in [1.82, 2.24) is 10.3 Å². The molecule has 2 heterocycles. The maximum absolute atomic E-state index is 13.6. The van der Waals surface area contributed by atoms with E-state index in [4.69, 9.17) is 0 Å². The molecule has 1 N–H and O–H groups in total. The number of anilines is 1. The van der Waals surface area contributed by atoms with E-state index >= 15 is 0 Å². The number of amides is 1. The fourth-order valence-electron chi connectivity index (χ4n) is 2.00. The molecular formula is C12H13BrFN3O. The zero-order chi connectivity index (χ0) is 12.7. The number of rotatable bonds is 3. The van der Waals surface area contributed by atoms with E-state index in [0.717, 1.165) is 12.8 Å². The summed E-state index contributed by atoms with van der Waals surface area (Å²) in [6.45, 7) is 1.09. The Morgan fingerprint density at radius 2 is 2.22 bits per heavy atom. The predicted octanol–water partition coefficient (Wildman–Crippen LogP) is 1.70. The van der Waals surface area contributed by atoms with Gasteiger partial charge in [0.15, 0.2) is 11.6 Å². The Labute approximate surface area is 113 Å². The van der Waals surface area contributed by atoms with Crippen molar-refractivity contribution < 1.29 is 9.18 Å². The van der Waals surface area contributed by atoms with Crippen molar-refractivity contribution in [1.29, 1.82) is 0 Å². The highest BCUT2D eigenvalue weighted by Crippen LogP contribution is 2.28. The van der Waals surface area contributed by atoms with Crippen LogP contribution in [-0.4, -0.2) is 30.0 Å². The Balaban J connectivity index is 1.59. The van der Waals surface area contributed by atoms with Gasteiger partial charge >= 0.3 is 0 Å². The molecule has 1 amide bonds. The second-order valence-corrected chi connectivity index (χ2v) is 5.76. The van der Waals surface area contributed by atoms with Gasteiger partial charge in [0.05, 0.1) is 5.92 Å². The molecule has 1 aliphatic carbocycles. The normalized spacial score (nSPS) is 19.6. The lowest BCUT2D eigenvalue weighted by Gasteiger charge is -2.39. The smallest absolute Gasteiger partial charge is 0.226 e. The van der Waals surface area contributed by atoms with Crippen molar-refractivity contribution in [3.8, 4) is 0 Å². The number of nitrogens with zero attached hydrogens (tertiary/aromatic N) is 2. The van der Waals surface area contributed by atoms with Crippen molar-refractivity contribution in [3.63, 3.8) is 0 Å². The number of hydrogen-bond donors (Lipinski definition) is 1. The molecule has 1 saturated heterocycles. The molecule has 6 heteroatoms. The Morgan fingerprint density at radius 3 is 2.83 bits per heavy atom. The van der Waals surface area contributed by atoms with Gasteiger partial charge in [0.2, 0.25) is 5.91 Å². The minimum Gasteiger partial charge on any atom is -0.353 e. The molecule has 2 fully saturated rings. The molecule has 0 spiro atoms. The number of hydrogen-bond acceptors (Lipinski definition) is 3. The van der Waals surface area contributed by atoms with Crippen molar-refractivity contribution in [2.24, 2.45) is 5.92 Å². The standard InChI is InChI=1S/C12H13BrFN3O/c13-8-3-10(14)11(15-4-8)17-5-7(6-17)12(18)16-9-1-2-9/h3-4,7,9H,1-2,5-6H2,(H,16,18). The monoisotopic (exact) mass is 313 g/mol. The molecule has 1 saturated carbocycles. The highest BCUT2D eigenvalue weighted by atomic mass is 79.9. The van der Waals surface area contributed by atoms with Crippen molar-refractivity contribution in [2.45, 2.75) is 18.9 Å². The second-order valence-electron chi connectivity index (χ2n) is 4.84. The molecule has 0 aromatic carbocycles. The van der Waals surface area contributed by atoms with E-state index in [-0.39, 0.29) is 17.6 Å². The third-order valence-electron chi connectivity index (χ3n) is 3.26. The molecule has 1 aromatic rings. The van der Waals surface area contributed by atoms with Gasteiger partial charge in [0.1, 0.15) is 0 Å². The lowest BCUT2D eigenvalue weighted by atomic mass is 9.99. The van der Waals surface area contributed by atoms with Crippen LogP contribution in [0.15, 0.2) is 16.7 Å². The lowest BCUT2D eigenvalue weighted by molar-refractivity contribution is -0.125. The highest BCUT2D eigenvalue weighted by Gasteiger charge is 2.36. The third kappa shape index (κ3) is 2.34. The number of carbonyl (C=O) groups is 1. The van der Waals surface area contributed by atoms with Crippen LogP contribution in [0.3, 0.4) is 0 Å². The zero-order valence-electron chi connectivity index (χ0n) is 9.70. The first-order chi connectivity index (χ1) is 8.63. The van der Waals surface area contributed by atoms with E-state index < -0.39 is 0 Å². The maximum atomic E-state index is 13.6. The zero-order valence-corrected chi connectivity index (χ0v) is 11.3. The summed E-state index contributed by atoms with van der Waals surface area (Å²) in [6, 6.07) is 1.77. The van der Waals surface area contributed by atoms with Gasteiger partial charge < -0.3 is 10.2 Å². The quantitative estimate of drug-likeness (QED) is 0.924. The van der Waals surface area contributed by atoms with Crippen LogP contribution in [0.5, 0.6) is 0 Å². The van der Waals surface area contributed by atoms with Gasteiger partial charge in [-0.2, -0.15) is 0 Å². The van der Waals surface area contributed by atoms with Crippen LogP contribution in [0.4, 0.5) is 10.2 Å². The average molecular weight is 314 g/mol. The Kier molecular flexibility index (Phi) is 2.97. The van der Waals surface area contributed by atoms with E-state index in [0.29, 0.717) is 29.4 Å². The number of pyridine rings is 1. The average Bonchev–Trinajstić information content (AvgIpc) is 3.02. The summed E-state index contributed by atoms with van der Waals surface area (Å²) < 4.78 is 14.3. The molecule has 0 bridgehead atoms. The van der Waals surface area contributed by atoms with Gasteiger partial charge in [-0.05, 0) is 34.8 Å². The fraction of sp³-hybridized carbons (Fsp3) is 0.500. The Morgan fingerprint density at radius 1 is 1.50 bits per heavy atom. The van der Waals surface area contributed by atoms with Gasteiger partial charge in [-0.15, -0.1) is 0 Å². The van der Waals surface area contributed by atoms with E-state index in [9.17, 15) is 9.18 Å². The molecule has 1 aliphatic heterocycles. The van der Waals surface area contributed by atoms with Crippen LogP contribution in [0, 0.1) is 11.7 Å². The minimum atomic E-state index is -0.356. The van der Waals surface area contributed by atoms with Crippen LogP contribution in [0.25, 0.3) is 0 Å². The first-order valence-electron chi connectivity index (χ1n) is 6.00. The molecule has 0 radical (unpaired) electrons. The summed E-state index contributed by atoms with van der Waals surface area (Å²) in [5.41, 5.74) is 0. The number of aromatic nitrogens is 1. The Hall–Kier alpha value is -1.17. The van der Waals surface area contributed by atoms with Crippen LogP contribution in [-0.2, 0) is 4.79 Å². The van der Waals surface area contributed by atoms with Crippen LogP contribution in [0.1, 0.15) is 12.8 Å². The summed E-state index contributed by atoms with van der Waals surface area (Å²) in [5.74, 6) is 0.0285. The highest BCUT2D eigenvalue weighted by molar-refractivity contribution is 9.10. The molecule has 3 rings (SSSR count). The van der Waals surface area contributed by atoms with E-state index in [1.54, 1.807) is 11.1 Å². The minimum absolute atomic E-state index is 0.0320.